The van der Waals surface area contributed by atoms with Crippen molar-refractivity contribution < 1.29 is 8.95 Å². The maximum absolute atomic E-state index is 12.2. The molecule has 1 aliphatic carbocycles. The molecular formula is C23H41IN4O2S. The number of benzene rings is 1. The summed E-state index contributed by atoms with van der Waals surface area (Å²) in [6, 6.07) is 8.50. The van der Waals surface area contributed by atoms with Crippen LogP contribution in [0.15, 0.2) is 29.3 Å². The van der Waals surface area contributed by atoms with E-state index in [0.29, 0.717) is 24.4 Å². The van der Waals surface area contributed by atoms with Crippen molar-refractivity contribution in [1.82, 2.24) is 15.5 Å². The molecule has 0 aromatic heterocycles. The second-order valence-electron chi connectivity index (χ2n) is 7.71. The highest BCUT2D eigenvalue weighted by Gasteiger charge is 2.26. The van der Waals surface area contributed by atoms with E-state index in [1.807, 2.05) is 25.1 Å². The van der Waals surface area contributed by atoms with Gasteiger partial charge in [0.1, 0.15) is 12.4 Å². The van der Waals surface area contributed by atoms with Crippen LogP contribution in [0.3, 0.4) is 0 Å². The minimum atomic E-state index is -0.716. The van der Waals surface area contributed by atoms with E-state index in [0.717, 1.165) is 68.3 Å². The lowest BCUT2D eigenvalue weighted by molar-refractivity contribution is 0.221. The molecule has 0 aliphatic heterocycles. The largest absolute Gasteiger partial charge is 0.492 e. The molecule has 0 bridgehead atoms. The number of ether oxygens (including phenoxy) is 1. The standard InChI is InChI=1S/C23H40N4O2S.HI/c1-5-27(6-2)15-16-29-22-14-9-8-11-19(22)18-25-23(24-4)26-20-12-10-13-21(17-20)30(28)7-3;/h8-9,11,14,20-21H,5-7,10,12-13,15-18H2,1-4H3,(H2,24,25,26);1H. The summed E-state index contributed by atoms with van der Waals surface area (Å²) in [5.41, 5.74) is 1.12. The van der Waals surface area contributed by atoms with Crippen molar-refractivity contribution in [3.63, 3.8) is 0 Å². The van der Waals surface area contributed by atoms with Crippen molar-refractivity contribution >= 4 is 40.7 Å². The van der Waals surface area contributed by atoms with Crippen LogP contribution in [0.25, 0.3) is 0 Å². The molecule has 1 aromatic rings. The average Bonchev–Trinajstić information content (AvgIpc) is 2.79. The van der Waals surface area contributed by atoms with E-state index in [2.05, 4.69) is 40.4 Å². The van der Waals surface area contributed by atoms with E-state index in [9.17, 15) is 4.21 Å². The molecule has 0 heterocycles. The predicted molar refractivity (Wildman–Crippen MR) is 143 cm³/mol. The smallest absolute Gasteiger partial charge is 0.191 e. The first-order chi connectivity index (χ1) is 14.6. The Kier molecular flexibility index (Phi) is 14.4. The number of nitrogens with one attached hydrogen (secondary N) is 2. The molecule has 2 rings (SSSR count). The summed E-state index contributed by atoms with van der Waals surface area (Å²) >= 11 is 0. The van der Waals surface area contributed by atoms with Gasteiger partial charge < -0.3 is 20.3 Å². The Morgan fingerprint density at radius 1 is 1.23 bits per heavy atom. The molecule has 8 heteroatoms. The van der Waals surface area contributed by atoms with Crippen LogP contribution in [-0.2, 0) is 17.3 Å². The molecule has 1 fully saturated rings. The lowest BCUT2D eigenvalue weighted by Crippen LogP contribution is -2.46. The fraction of sp³-hybridized carbons (Fsp3) is 0.696. The monoisotopic (exact) mass is 564 g/mol. The van der Waals surface area contributed by atoms with E-state index in [1.165, 1.54) is 0 Å². The summed E-state index contributed by atoms with van der Waals surface area (Å²) in [4.78, 5) is 6.75. The molecule has 1 aliphatic rings. The van der Waals surface area contributed by atoms with Gasteiger partial charge in [0.05, 0.1) is 0 Å². The number of aliphatic imine (C=N–C) groups is 1. The topological polar surface area (TPSA) is 66.0 Å². The lowest BCUT2D eigenvalue weighted by atomic mass is 9.95. The number of nitrogens with zero attached hydrogens (tertiary/aromatic N) is 2. The molecule has 0 saturated heterocycles. The fourth-order valence-electron chi connectivity index (χ4n) is 3.93. The van der Waals surface area contributed by atoms with Crippen LogP contribution in [0, 0.1) is 0 Å². The van der Waals surface area contributed by atoms with E-state index in [-0.39, 0.29) is 24.0 Å². The van der Waals surface area contributed by atoms with Gasteiger partial charge in [-0.2, -0.15) is 0 Å². The quantitative estimate of drug-likeness (QED) is 0.244. The second kappa shape index (κ2) is 15.9. The minimum Gasteiger partial charge on any atom is -0.492 e. The lowest BCUT2D eigenvalue weighted by Gasteiger charge is -2.30. The predicted octanol–water partition coefficient (Wildman–Crippen LogP) is 3.77. The molecule has 1 aromatic carbocycles. The highest BCUT2D eigenvalue weighted by molar-refractivity contribution is 14.0. The number of halogens is 1. The van der Waals surface area contributed by atoms with Crippen LogP contribution in [0.2, 0.25) is 0 Å². The van der Waals surface area contributed by atoms with Gasteiger partial charge in [-0.3, -0.25) is 9.20 Å². The molecule has 0 spiro atoms. The third-order valence-electron chi connectivity index (χ3n) is 5.83. The zero-order valence-corrected chi connectivity index (χ0v) is 22.7. The third-order valence-corrected chi connectivity index (χ3v) is 7.57. The zero-order chi connectivity index (χ0) is 21.8. The molecule has 2 N–H and O–H groups in total. The van der Waals surface area contributed by atoms with E-state index in [4.69, 9.17) is 4.74 Å². The van der Waals surface area contributed by atoms with Crippen LogP contribution < -0.4 is 15.4 Å². The van der Waals surface area contributed by atoms with Gasteiger partial charge in [0, 0.05) is 53.5 Å². The molecule has 0 amide bonds. The van der Waals surface area contributed by atoms with Crippen LogP contribution in [0.1, 0.15) is 52.0 Å². The number of hydrogen-bond acceptors (Lipinski definition) is 4. The van der Waals surface area contributed by atoms with Crippen molar-refractivity contribution in [2.45, 2.75) is 64.3 Å². The Morgan fingerprint density at radius 3 is 2.65 bits per heavy atom. The van der Waals surface area contributed by atoms with Crippen molar-refractivity contribution in [2.75, 3.05) is 39.0 Å². The van der Waals surface area contributed by atoms with Crippen LogP contribution >= 0.6 is 24.0 Å². The summed E-state index contributed by atoms with van der Waals surface area (Å²) < 4.78 is 18.3. The molecule has 178 valence electrons. The van der Waals surface area contributed by atoms with Crippen molar-refractivity contribution in [3.05, 3.63) is 29.8 Å². The van der Waals surface area contributed by atoms with Gasteiger partial charge >= 0.3 is 0 Å². The summed E-state index contributed by atoms with van der Waals surface area (Å²) in [5, 5.41) is 7.27. The first kappa shape index (κ1) is 28.2. The molecule has 3 atom stereocenters. The maximum atomic E-state index is 12.2. The number of rotatable bonds is 11. The average molecular weight is 565 g/mol. The Bertz CT molecular complexity index is 685. The normalized spacial score (nSPS) is 20.1. The Balaban J connectivity index is 0.00000480. The molecular weight excluding hydrogens is 523 g/mol. The van der Waals surface area contributed by atoms with Crippen molar-refractivity contribution in [1.29, 1.82) is 0 Å². The number of para-hydroxylation sites is 1. The van der Waals surface area contributed by atoms with Gasteiger partial charge in [0.2, 0.25) is 0 Å². The van der Waals surface area contributed by atoms with Crippen molar-refractivity contribution in [3.8, 4) is 5.75 Å². The fourth-order valence-corrected chi connectivity index (χ4v) is 5.28. The minimum absolute atomic E-state index is 0. The maximum Gasteiger partial charge on any atom is 0.191 e. The summed E-state index contributed by atoms with van der Waals surface area (Å²) in [7, 11) is 1.08. The summed E-state index contributed by atoms with van der Waals surface area (Å²) in [6.45, 7) is 10.7. The Hall–Kier alpha value is -0.870. The van der Waals surface area contributed by atoms with Crippen LogP contribution in [0.4, 0.5) is 0 Å². The van der Waals surface area contributed by atoms with Crippen molar-refractivity contribution in [2.24, 2.45) is 4.99 Å². The zero-order valence-electron chi connectivity index (χ0n) is 19.6. The van der Waals surface area contributed by atoms with E-state index in [1.54, 1.807) is 7.05 Å². The first-order valence-electron chi connectivity index (χ1n) is 11.4. The number of guanidine groups is 1. The van der Waals surface area contributed by atoms with Gasteiger partial charge in [0.25, 0.3) is 0 Å². The molecule has 1 saturated carbocycles. The van der Waals surface area contributed by atoms with E-state index < -0.39 is 10.8 Å². The summed E-state index contributed by atoms with van der Waals surface area (Å²) in [5.74, 6) is 2.46. The highest BCUT2D eigenvalue weighted by atomic mass is 127. The first-order valence-corrected chi connectivity index (χ1v) is 12.8. The van der Waals surface area contributed by atoms with E-state index >= 15 is 0 Å². The van der Waals surface area contributed by atoms with Gasteiger partial charge in [-0.25, -0.2) is 0 Å². The molecule has 6 nitrogen and oxygen atoms in total. The third kappa shape index (κ3) is 9.65. The molecule has 31 heavy (non-hydrogen) atoms. The Morgan fingerprint density at radius 2 is 1.97 bits per heavy atom. The number of hydrogen-bond donors (Lipinski definition) is 2. The van der Waals surface area contributed by atoms with Gasteiger partial charge in [-0.1, -0.05) is 45.4 Å². The molecule has 0 radical (unpaired) electrons. The van der Waals surface area contributed by atoms with Gasteiger partial charge in [-0.15, -0.1) is 24.0 Å². The summed E-state index contributed by atoms with van der Waals surface area (Å²) in [6.07, 6.45) is 4.24. The van der Waals surface area contributed by atoms with Crippen LogP contribution in [-0.4, -0.2) is 65.4 Å². The molecule has 3 unspecified atom stereocenters. The highest BCUT2D eigenvalue weighted by Crippen LogP contribution is 2.23. The SMILES string of the molecule is CCN(CC)CCOc1ccccc1CNC(=NC)NC1CCCC(S(=O)CC)C1.I. The second-order valence-corrected chi connectivity index (χ2v) is 9.71. The van der Waals surface area contributed by atoms with Crippen LogP contribution in [0.5, 0.6) is 5.75 Å². The Labute approximate surface area is 208 Å². The van der Waals surface area contributed by atoms with Gasteiger partial charge in [0.15, 0.2) is 5.96 Å². The number of likely N-dealkylation sites (N-methyl/N-ethyl adjacent to an activating group) is 1. The van der Waals surface area contributed by atoms with Gasteiger partial charge in [-0.05, 0) is 38.4 Å².